The van der Waals surface area contributed by atoms with Crippen molar-refractivity contribution in [3.63, 3.8) is 0 Å². The second-order valence-electron chi connectivity index (χ2n) is 6.71. The van der Waals surface area contributed by atoms with E-state index in [0.29, 0.717) is 34.4 Å². The molecule has 0 N–H and O–H groups in total. The highest BCUT2D eigenvalue weighted by molar-refractivity contribution is 5.84. The Morgan fingerprint density at radius 2 is 1.48 bits per heavy atom. The molecule has 31 heavy (non-hydrogen) atoms. The van der Waals surface area contributed by atoms with Crippen molar-refractivity contribution in [1.82, 2.24) is 4.98 Å². The maximum Gasteiger partial charge on any atom is 0.159 e. The average molecular weight is 421 g/mol. The number of aromatic nitrogens is 1. The maximum atomic E-state index is 14.6. The van der Waals surface area contributed by atoms with Gasteiger partial charge in [0.1, 0.15) is 17.4 Å². The number of pyridine rings is 1. The van der Waals surface area contributed by atoms with E-state index in [4.69, 9.17) is 4.74 Å². The van der Waals surface area contributed by atoms with Crippen LogP contribution in [-0.4, -0.2) is 11.6 Å². The molecule has 0 radical (unpaired) electrons. The van der Waals surface area contributed by atoms with E-state index < -0.39 is 23.3 Å². The lowest BCUT2D eigenvalue weighted by atomic mass is 10.0. The van der Waals surface area contributed by atoms with Gasteiger partial charge in [0.25, 0.3) is 0 Å². The van der Waals surface area contributed by atoms with E-state index in [1.165, 1.54) is 12.3 Å². The molecule has 0 saturated heterocycles. The van der Waals surface area contributed by atoms with Gasteiger partial charge in [0.15, 0.2) is 11.6 Å². The molecule has 3 aromatic carbocycles. The zero-order valence-electron chi connectivity index (χ0n) is 16.3. The van der Waals surface area contributed by atoms with E-state index in [2.05, 4.69) is 16.8 Å². The minimum Gasteiger partial charge on any atom is -0.492 e. The Hall–Kier alpha value is -3.85. The standard InChI is InChI=1S/C25H15F4NO/c1-2-31-19-6-8-25(30-14-19)18-12-21(26)20(22(27)13-18)7-4-15-3-5-16-10-23(28)24(29)11-17(16)9-15/h3,5-6,8-14H,2H2,1H3. The first kappa shape index (κ1) is 20.4. The van der Waals surface area contributed by atoms with E-state index in [1.54, 1.807) is 24.3 Å². The summed E-state index contributed by atoms with van der Waals surface area (Å²) in [6.07, 6.45) is 1.48. The van der Waals surface area contributed by atoms with Crippen LogP contribution in [0.15, 0.2) is 60.8 Å². The molecule has 0 fully saturated rings. The van der Waals surface area contributed by atoms with Crippen LogP contribution in [0.2, 0.25) is 0 Å². The minimum atomic E-state index is -0.979. The fourth-order valence-electron chi connectivity index (χ4n) is 3.10. The number of ether oxygens (including phenoxy) is 1. The first-order valence-corrected chi connectivity index (χ1v) is 9.43. The van der Waals surface area contributed by atoms with Crippen molar-refractivity contribution < 1.29 is 22.3 Å². The Labute approximate surface area is 176 Å². The maximum absolute atomic E-state index is 14.6. The molecule has 1 heterocycles. The lowest BCUT2D eigenvalue weighted by Crippen LogP contribution is -1.95. The normalized spacial score (nSPS) is 10.6. The number of halogens is 4. The minimum absolute atomic E-state index is 0.270. The quantitative estimate of drug-likeness (QED) is 0.288. The average Bonchev–Trinajstić information content (AvgIpc) is 2.75. The van der Waals surface area contributed by atoms with Crippen molar-refractivity contribution in [1.29, 1.82) is 0 Å². The van der Waals surface area contributed by atoms with Crippen LogP contribution in [0, 0.1) is 35.1 Å². The van der Waals surface area contributed by atoms with Crippen molar-refractivity contribution in [2.75, 3.05) is 6.61 Å². The summed E-state index contributed by atoms with van der Waals surface area (Å²) in [5.41, 5.74) is 0.686. The zero-order chi connectivity index (χ0) is 22.0. The lowest BCUT2D eigenvalue weighted by Gasteiger charge is -2.06. The fraction of sp³-hybridized carbons (Fsp3) is 0.0800. The van der Waals surface area contributed by atoms with Crippen molar-refractivity contribution >= 4 is 10.8 Å². The van der Waals surface area contributed by atoms with E-state index in [0.717, 1.165) is 24.3 Å². The second-order valence-corrected chi connectivity index (χ2v) is 6.71. The molecule has 0 unspecified atom stereocenters. The zero-order valence-corrected chi connectivity index (χ0v) is 16.3. The van der Waals surface area contributed by atoms with E-state index in [-0.39, 0.29) is 11.1 Å². The van der Waals surface area contributed by atoms with Gasteiger partial charge in [-0.3, -0.25) is 4.98 Å². The largest absolute Gasteiger partial charge is 0.492 e. The molecule has 2 nitrogen and oxygen atoms in total. The van der Waals surface area contributed by atoms with E-state index >= 15 is 0 Å². The van der Waals surface area contributed by atoms with Gasteiger partial charge in [-0.05, 0) is 66.2 Å². The highest BCUT2D eigenvalue weighted by Crippen LogP contribution is 2.24. The van der Waals surface area contributed by atoms with Crippen molar-refractivity contribution in [2.45, 2.75) is 6.92 Å². The molecule has 6 heteroatoms. The van der Waals surface area contributed by atoms with Crippen LogP contribution in [0.5, 0.6) is 5.75 Å². The molecule has 0 aliphatic heterocycles. The van der Waals surface area contributed by atoms with Gasteiger partial charge in [-0.1, -0.05) is 17.9 Å². The summed E-state index contributed by atoms with van der Waals surface area (Å²) in [6.45, 7) is 2.33. The number of hydrogen-bond donors (Lipinski definition) is 0. The van der Waals surface area contributed by atoms with Crippen molar-refractivity contribution in [3.05, 3.63) is 95.2 Å². The summed E-state index contributed by atoms with van der Waals surface area (Å²) < 4.78 is 61.2. The number of benzene rings is 3. The molecule has 0 aliphatic carbocycles. The number of hydrogen-bond acceptors (Lipinski definition) is 2. The van der Waals surface area contributed by atoms with E-state index in [9.17, 15) is 17.6 Å². The predicted octanol–water partition coefficient (Wildman–Crippen LogP) is 6.26. The highest BCUT2D eigenvalue weighted by Gasteiger charge is 2.12. The summed E-state index contributed by atoms with van der Waals surface area (Å²) in [7, 11) is 0. The molecule has 0 spiro atoms. The lowest BCUT2D eigenvalue weighted by molar-refractivity contribution is 0.339. The third-order valence-electron chi connectivity index (χ3n) is 4.60. The topological polar surface area (TPSA) is 22.1 Å². The Bertz CT molecular complexity index is 1310. The Morgan fingerprint density at radius 1 is 0.774 bits per heavy atom. The Balaban J connectivity index is 1.65. The molecule has 0 atom stereocenters. The van der Waals surface area contributed by atoms with Crippen LogP contribution < -0.4 is 4.74 Å². The monoisotopic (exact) mass is 421 g/mol. The Morgan fingerprint density at radius 3 is 2.13 bits per heavy atom. The second kappa shape index (κ2) is 8.49. The van der Waals surface area contributed by atoms with Gasteiger partial charge in [0.2, 0.25) is 0 Å². The van der Waals surface area contributed by atoms with Crippen molar-refractivity contribution in [3.8, 4) is 28.8 Å². The van der Waals surface area contributed by atoms with Gasteiger partial charge in [0, 0.05) is 11.1 Å². The first-order valence-electron chi connectivity index (χ1n) is 9.43. The van der Waals surface area contributed by atoms with Gasteiger partial charge in [-0.2, -0.15) is 0 Å². The third-order valence-corrected chi connectivity index (χ3v) is 4.60. The van der Waals surface area contributed by atoms with Crippen LogP contribution >= 0.6 is 0 Å². The molecule has 0 saturated carbocycles. The van der Waals surface area contributed by atoms with Crippen LogP contribution in [-0.2, 0) is 0 Å². The summed E-state index contributed by atoms with van der Waals surface area (Å²) in [6, 6.07) is 12.4. The fourth-order valence-corrected chi connectivity index (χ4v) is 3.10. The SMILES string of the molecule is CCOc1ccc(-c2cc(F)c(C#Cc3ccc4cc(F)c(F)cc4c3)c(F)c2)nc1. The summed E-state index contributed by atoms with van der Waals surface area (Å²) in [4.78, 5) is 4.16. The molecular formula is C25H15F4NO. The molecule has 0 aliphatic rings. The summed E-state index contributed by atoms with van der Waals surface area (Å²) in [5, 5.41) is 0.928. The summed E-state index contributed by atoms with van der Waals surface area (Å²) in [5.74, 6) is 2.14. The van der Waals surface area contributed by atoms with Crippen LogP contribution in [0.25, 0.3) is 22.0 Å². The highest BCUT2D eigenvalue weighted by atomic mass is 19.2. The van der Waals surface area contributed by atoms with Crippen LogP contribution in [0.1, 0.15) is 18.1 Å². The number of fused-ring (bicyclic) bond motifs is 1. The van der Waals surface area contributed by atoms with Gasteiger partial charge in [0.05, 0.1) is 24.1 Å². The molecule has 4 rings (SSSR count). The van der Waals surface area contributed by atoms with Gasteiger partial charge in [-0.25, -0.2) is 17.6 Å². The third kappa shape index (κ3) is 4.36. The molecular weight excluding hydrogens is 406 g/mol. The van der Waals surface area contributed by atoms with Crippen molar-refractivity contribution in [2.24, 2.45) is 0 Å². The smallest absolute Gasteiger partial charge is 0.159 e. The van der Waals surface area contributed by atoms with E-state index in [1.807, 2.05) is 6.92 Å². The predicted molar refractivity (Wildman–Crippen MR) is 111 cm³/mol. The molecule has 1 aromatic heterocycles. The van der Waals surface area contributed by atoms with Gasteiger partial charge < -0.3 is 4.74 Å². The molecule has 154 valence electrons. The van der Waals surface area contributed by atoms with Crippen LogP contribution in [0.3, 0.4) is 0 Å². The first-order chi connectivity index (χ1) is 14.9. The molecule has 4 aromatic rings. The Kier molecular flexibility index (Phi) is 5.59. The summed E-state index contributed by atoms with van der Waals surface area (Å²) >= 11 is 0. The molecule has 0 amide bonds. The van der Waals surface area contributed by atoms with Gasteiger partial charge >= 0.3 is 0 Å². The van der Waals surface area contributed by atoms with Gasteiger partial charge in [-0.15, -0.1) is 0 Å². The number of rotatable bonds is 3. The molecule has 0 bridgehead atoms. The number of nitrogens with zero attached hydrogens (tertiary/aromatic N) is 1. The van der Waals surface area contributed by atoms with Crippen LogP contribution in [0.4, 0.5) is 17.6 Å².